The molecule has 0 aliphatic heterocycles. The number of rotatable bonds is 7. The van der Waals surface area contributed by atoms with E-state index in [1.165, 1.54) is 0 Å². The van der Waals surface area contributed by atoms with Gasteiger partial charge in [-0.2, -0.15) is 0 Å². The van der Waals surface area contributed by atoms with Crippen molar-refractivity contribution in [2.75, 3.05) is 5.75 Å². The molecule has 1 aromatic heterocycles. The number of nitrogens with zero attached hydrogens (tertiary/aromatic N) is 2. The van der Waals surface area contributed by atoms with Crippen LogP contribution in [-0.2, 0) is 0 Å². The van der Waals surface area contributed by atoms with Crippen LogP contribution in [0.25, 0.3) is 0 Å². The predicted molar refractivity (Wildman–Crippen MR) is 81.0 cm³/mol. The first-order chi connectivity index (χ1) is 8.95. The zero-order chi connectivity index (χ0) is 14.3. The molecule has 4 nitrogen and oxygen atoms in total. The molecule has 19 heavy (non-hydrogen) atoms. The Morgan fingerprint density at radius 1 is 1.47 bits per heavy atom. The van der Waals surface area contributed by atoms with Crippen molar-refractivity contribution in [3.63, 3.8) is 0 Å². The fraction of sp³-hybridized carbons (Fsp3) is 0.538. The second-order valence-electron chi connectivity index (χ2n) is 4.99. The summed E-state index contributed by atoms with van der Waals surface area (Å²) in [5.41, 5.74) is 5.39. The lowest BCUT2D eigenvalue weighted by molar-refractivity contribution is 0.304. The average molecular weight is 302 g/mol. The number of unbranched alkanes of at least 4 members (excludes halogenated alkanes) is 1. The summed E-state index contributed by atoms with van der Waals surface area (Å²) in [7, 11) is 0. The third-order valence-electron chi connectivity index (χ3n) is 2.95. The monoisotopic (exact) mass is 301 g/mol. The second-order valence-corrected chi connectivity index (χ2v) is 6.54. The van der Waals surface area contributed by atoms with Gasteiger partial charge in [0.1, 0.15) is 5.84 Å². The number of thioether (sulfide) groups is 1. The minimum atomic E-state index is -0.252. The summed E-state index contributed by atoms with van der Waals surface area (Å²) < 4.78 is 0. The van der Waals surface area contributed by atoms with Crippen molar-refractivity contribution in [2.24, 2.45) is 16.3 Å². The number of aromatic nitrogens is 1. The molecule has 0 saturated carbocycles. The number of amidine groups is 1. The third kappa shape index (κ3) is 5.70. The normalized spacial score (nSPS) is 12.7. The quantitative estimate of drug-likeness (QED) is 0.201. The standard InChI is InChI=1S/C13H20ClN3OS/c1-13(2,12(15)17-18)7-3-4-8-19-11-6-5-10(14)9-16-11/h5-6,9,18H,3-4,7-8H2,1-2H3,(H2,15,17). The van der Waals surface area contributed by atoms with Gasteiger partial charge in [0.2, 0.25) is 0 Å². The number of oxime groups is 1. The van der Waals surface area contributed by atoms with Crippen molar-refractivity contribution in [1.82, 2.24) is 4.98 Å². The highest BCUT2D eigenvalue weighted by Crippen LogP contribution is 2.25. The number of hydrogen-bond donors (Lipinski definition) is 2. The van der Waals surface area contributed by atoms with Crippen molar-refractivity contribution in [3.05, 3.63) is 23.4 Å². The van der Waals surface area contributed by atoms with Gasteiger partial charge < -0.3 is 10.9 Å². The van der Waals surface area contributed by atoms with Gasteiger partial charge in [-0.25, -0.2) is 4.98 Å². The topological polar surface area (TPSA) is 71.5 Å². The minimum absolute atomic E-state index is 0.252. The van der Waals surface area contributed by atoms with Crippen LogP contribution < -0.4 is 5.73 Å². The van der Waals surface area contributed by atoms with Crippen LogP contribution in [0.15, 0.2) is 28.5 Å². The fourth-order valence-corrected chi connectivity index (χ4v) is 2.52. The molecule has 0 radical (unpaired) electrons. The molecule has 1 heterocycles. The van der Waals surface area contributed by atoms with Crippen LogP contribution in [-0.4, -0.2) is 21.8 Å². The van der Waals surface area contributed by atoms with E-state index in [0.717, 1.165) is 30.0 Å². The number of nitrogens with two attached hydrogens (primary N) is 1. The number of hydrogen-bond acceptors (Lipinski definition) is 4. The van der Waals surface area contributed by atoms with Gasteiger partial charge >= 0.3 is 0 Å². The van der Waals surface area contributed by atoms with Gasteiger partial charge in [-0.1, -0.05) is 37.0 Å². The van der Waals surface area contributed by atoms with Crippen molar-refractivity contribution >= 4 is 29.2 Å². The van der Waals surface area contributed by atoms with Crippen LogP contribution in [0.2, 0.25) is 5.02 Å². The van der Waals surface area contributed by atoms with Gasteiger partial charge in [-0.15, -0.1) is 11.8 Å². The smallest absolute Gasteiger partial charge is 0.144 e. The Morgan fingerprint density at radius 2 is 2.21 bits per heavy atom. The molecule has 0 atom stereocenters. The molecule has 106 valence electrons. The molecular weight excluding hydrogens is 282 g/mol. The lowest BCUT2D eigenvalue weighted by Crippen LogP contribution is -2.31. The van der Waals surface area contributed by atoms with Gasteiger partial charge in [-0.3, -0.25) is 0 Å². The van der Waals surface area contributed by atoms with E-state index in [4.69, 9.17) is 22.5 Å². The SMILES string of the molecule is CC(C)(CCCCSc1ccc(Cl)cn1)/C(N)=N/O. The van der Waals surface area contributed by atoms with Crippen molar-refractivity contribution in [2.45, 2.75) is 38.1 Å². The molecule has 1 aromatic rings. The molecule has 0 spiro atoms. The zero-order valence-corrected chi connectivity index (χ0v) is 12.8. The molecule has 0 saturated heterocycles. The molecule has 0 amide bonds. The largest absolute Gasteiger partial charge is 0.409 e. The Kier molecular flexibility index (Phi) is 6.45. The third-order valence-corrected chi connectivity index (χ3v) is 4.20. The summed E-state index contributed by atoms with van der Waals surface area (Å²) in [6.45, 7) is 3.96. The highest BCUT2D eigenvalue weighted by atomic mass is 35.5. The summed E-state index contributed by atoms with van der Waals surface area (Å²) in [5.74, 6) is 1.29. The highest BCUT2D eigenvalue weighted by molar-refractivity contribution is 7.99. The van der Waals surface area contributed by atoms with E-state index in [0.29, 0.717) is 10.9 Å². The first-order valence-corrected chi connectivity index (χ1v) is 7.54. The Bertz CT molecular complexity index is 420. The maximum atomic E-state index is 8.68. The Labute approximate surface area is 123 Å². The summed E-state index contributed by atoms with van der Waals surface area (Å²) in [4.78, 5) is 4.23. The molecule has 0 unspecified atom stereocenters. The Hall–Kier alpha value is -0.940. The van der Waals surface area contributed by atoms with Crippen LogP contribution in [0.4, 0.5) is 0 Å². The predicted octanol–water partition coefficient (Wildman–Crippen LogP) is 3.77. The minimum Gasteiger partial charge on any atom is -0.409 e. The lowest BCUT2D eigenvalue weighted by Gasteiger charge is -2.22. The first-order valence-electron chi connectivity index (χ1n) is 6.18. The second kappa shape index (κ2) is 7.60. The molecule has 0 bridgehead atoms. The van der Waals surface area contributed by atoms with E-state index in [9.17, 15) is 0 Å². The van der Waals surface area contributed by atoms with E-state index in [2.05, 4.69) is 10.1 Å². The van der Waals surface area contributed by atoms with Gasteiger partial charge in [0.15, 0.2) is 0 Å². The van der Waals surface area contributed by atoms with Crippen LogP contribution >= 0.6 is 23.4 Å². The van der Waals surface area contributed by atoms with Crippen molar-refractivity contribution < 1.29 is 5.21 Å². The van der Waals surface area contributed by atoms with E-state index in [1.807, 2.05) is 26.0 Å². The number of halogens is 1. The first kappa shape index (κ1) is 16.1. The van der Waals surface area contributed by atoms with Gasteiger partial charge in [-0.05, 0) is 30.7 Å². The van der Waals surface area contributed by atoms with E-state index in [-0.39, 0.29) is 5.41 Å². The van der Waals surface area contributed by atoms with Crippen LogP contribution in [0, 0.1) is 5.41 Å². The van der Waals surface area contributed by atoms with Crippen LogP contribution in [0.3, 0.4) is 0 Å². The molecule has 0 fully saturated rings. The molecule has 6 heteroatoms. The van der Waals surface area contributed by atoms with Gasteiger partial charge in [0.25, 0.3) is 0 Å². The Balaban J connectivity index is 2.23. The maximum absolute atomic E-state index is 8.68. The summed E-state index contributed by atoms with van der Waals surface area (Å²) in [6, 6.07) is 3.77. The Morgan fingerprint density at radius 3 is 2.79 bits per heavy atom. The molecule has 1 rings (SSSR count). The van der Waals surface area contributed by atoms with Gasteiger partial charge in [0.05, 0.1) is 10.0 Å². The van der Waals surface area contributed by atoms with Crippen molar-refractivity contribution in [3.8, 4) is 0 Å². The lowest BCUT2D eigenvalue weighted by atomic mass is 9.86. The summed E-state index contributed by atoms with van der Waals surface area (Å²) in [5, 5.41) is 13.4. The summed E-state index contributed by atoms with van der Waals surface area (Å²) in [6.07, 6.45) is 4.66. The number of pyridine rings is 1. The zero-order valence-electron chi connectivity index (χ0n) is 11.3. The fourth-order valence-electron chi connectivity index (χ4n) is 1.56. The molecule has 0 aliphatic rings. The summed E-state index contributed by atoms with van der Waals surface area (Å²) >= 11 is 7.49. The maximum Gasteiger partial charge on any atom is 0.144 e. The molecule has 3 N–H and O–H groups in total. The molecular formula is C13H20ClN3OS. The van der Waals surface area contributed by atoms with E-state index in [1.54, 1.807) is 18.0 Å². The molecule has 0 aliphatic carbocycles. The van der Waals surface area contributed by atoms with E-state index >= 15 is 0 Å². The average Bonchev–Trinajstić information content (AvgIpc) is 2.39. The van der Waals surface area contributed by atoms with Crippen molar-refractivity contribution in [1.29, 1.82) is 0 Å². The highest BCUT2D eigenvalue weighted by Gasteiger charge is 2.22. The molecule has 0 aromatic carbocycles. The van der Waals surface area contributed by atoms with E-state index < -0.39 is 0 Å². The van der Waals surface area contributed by atoms with Crippen LogP contribution in [0.5, 0.6) is 0 Å². The van der Waals surface area contributed by atoms with Crippen LogP contribution in [0.1, 0.15) is 33.1 Å². The van der Waals surface area contributed by atoms with Gasteiger partial charge in [0, 0.05) is 11.6 Å².